The normalized spacial score (nSPS) is 9.40. The van der Waals surface area contributed by atoms with E-state index in [1.54, 1.807) is 0 Å². The van der Waals surface area contributed by atoms with E-state index in [2.05, 4.69) is 15.9 Å². The molecule has 0 aromatic heterocycles. The molecule has 53 valence electrons. The quantitative estimate of drug-likeness (QED) is 0.713. The minimum atomic E-state index is 0.858. The monoisotopic (exact) mass is 199 g/mol. The van der Waals surface area contributed by atoms with E-state index in [1.165, 1.54) is 11.1 Å². The molecule has 0 N–H and O–H groups in total. The average Bonchev–Trinajstić information content (AvgIpc) is 1.88. The number of halogens is 1. The summed E-state index contributed by atoms with van der Waals surface area (Å²) in [6, 6.07) is 7.87. The molecule has 0 saturated carbocycles. The molecule has 10 heavy (non-hydrogen) atoms. The van der Waals surface area contributed by atoms with Gasteiger partial charge in [0.2, 0.25) is 0 Å². The molecule has 0 aliphatic heterocycles. The van der Waals surface area contributed by atoms with Crippen molar-refractivity contribution in [3.8, 4) is 5.75 Å². The van der Waals surface area contributed by atoms with E-state index < -0.39 is 0 Å². The van der Waals surface area contributed by atoms with Crippen molar-refractivity contribution in [1.29, 1.82) is 0 Å². The van der Waals surface area contributed by atoms with Crippen LogP contribution < -0.4 is 4.74 Å². The first kappa shape index (κ1) is 7.61. The topological polar surface area (TPSA) is 9.23 Å². The van der Waals surface area contributed by atoms with Crippen LogP contribution in [0.3, 0.4) is 0 Å². The zero-order chi connectivity index (χ0) is 7.40. The van der Waals surface area contributed by atoms with E-state index in [9.17, 15) is 0 Å². The Balaban J connectivity index is 2.75. The molecule has 0 spiro atoms. The SMILES string of the molecule is Cc1cccc(O[CH]Br)c1. The summed E-state index contributed by atoms with van der Waals surface area (Å²) in [5.74, 6) is 0.858. The van der Waals surface area contributed by atoms with Crippen LogP contribution in [0.15, 0.2) is 24.3 Å². The van der Waals surface area contributed by atoms with Gasteiger partial charge >= 0.3 is 0 Å². The molecule has 1 aromatic carbocycles. The second-order valence-electron chi connectivity index (χ2n) is 2.02. The lowest BCUT2D eigenvalue weighted by Gasteiger charge is -2.00. The lowest BCUT2D eigenvalue weighted by atomic mass is 10.2. The molecule has 1 aromatic rings. The van der Waals surface area contributed by atoms with E-state index in [1.807, 2.05) is 31.2 Å². The highest BCUT2D eigenvalue weighted by Crippen LogP contribution is 2.13. The number of aryl methyl sites for hydroxylation is 1. The van der Waals surface area contributed by atoms with Crippen molar-refractivity contribution in [3.05, 3.63) is 35.3 Å². The third-order valence-corrected chi connectivity index (χ3v) is 1.36. The molecule has 0 unspecified atom stereocenters. The van der Waals surface area contributed by atoms with Crippen LogP contribution in [0.2, 0.25) is 0 Å². The summed E-state index contributed by atoms with van der Waals surface area (Å²) in [4.78, 5) is 0. The van der Waals surface area contributed by atoms with Gasteiger partial charge in [0.05, 0.1) is 0 Å². The Morgan fingerprint density at radius 3 is 2.90 bits per heavy atom. The van der Waals surface area contributed by atoms with E-state index >= 15 is 0 Å². The summed E-state index contributed by atoms with van der Waals surface area (Å²) < 4.78 is 5.08. The van der Waals surface area contributed by atoms with Gasteiger partial charge in [-0.15, -0.1) is 0 Å². The molecule has 0 bridgehead atoms. The third-order valence-electron chi connectivity index (χ3n) is 1.17. The zero-order valence-electron chi connectivity index (χ0n) is 5.67. The fraction of sp³-hybridized carbons (Fsp3) is 0.125. The molecular formula is C8H8BrO. The van der Waals surface area contributed by atoms with Gasteiger partial charge < -0.3 is 4.74 Å². The van der Waals surface area contributed by atoms with Crippen molar-refractivity contribution < 1.29 is 4.74 Å². The van der Waals surface area contributed by atoms with Crippen molar-refractivity contribution in [2.75, 3.05) is 0 Å². The fourth-order valence-corrected chi connectivity index (χ4v) is 0.956. The van der Waals surface area contributed by atoms with Crippen LogP contribution in [0.5, 0.6) is 5.75 Å². The number of rotatable bonds is 2. The van der Waals surface area contributed by atoms with Gasteiger partial charge in [-0.05, 0) is 40.5 Å². The van der Waals surface area contributed by atoms with E-state index in [-0.39, 0.29) is 0 Å². The number of hydrogen-bond acceptors (Lipinski definition) is 1. The van der Waals surface area contributed by atoms with Crippen LogP contribution in [0.4, 0.5) is 0 Å². The van der Waals surface area contributed by atoms with Crippen molar-refractivity contribution in [1.82, 2.24) is 0 Å². The molecule has 0 aliphatic rings. The predicted octanol–water partition coefficient (Wildman–Crippen LogP) is 2.89. The highest BCUT2D eigenvalue weighted by atomic mass is 79.9. The first-order chi connectivity index (χ1) is 4.83. The molecular weight excluding hydrogens is 192 g/mol. The Kier molecular flexibility index (Phi) is 2.75. The lowest BCUT2D eigenvalue weighted by Crippen LogP contribution is -1.82. The Morgan fingerprint density at radius 1 is 1.50 bits per heavy atom. The number of benzene rings is 1. The third kappa shape index (κ3) is 2.03. The second kappa shape index (κ2) is 3.62. The van der Waals surface area contributed by atoms with E-state index in [0.29, 0.717) is 0 Å². The summed E-state index contributed by atoms with van der Waals surface area (Å²) in [6.45, 7) is 2.03. The largest absolute Gasteiger partial charge is 0.474 e. The summed E-state index contributed by atoms with van der Waals surface area (Å²) >= 11 is 3.06. The van der Waals surface area contributed by atoms with Gasteiger partial charge in [0.1, 0.15) is 5.75 Å². The standard InChI is InChI=1S/C8H8BrO/c1-7-3-2-4-8(5-7)10-6-9/h2-6H,1H3. The van der Waals surface area contributed by atoms with Gasteiger partial charge in [-0.25, -0.2) is 0 Å². The highest BCUT2D eigenvalue weighted by molar-refractivity contribution is 9.10. The van der Waals surface area contributed by atoms with Crippen LogP contribution >= 0.6 is 15.9 Å². The molecule has 0 atom stereocenters. The molecule has 0 heterocycles. The zero-order valence-corrected chi connectivity index (χ0v) is 7.26. The molecule has 0 amide bonds. The van der Waals surface area contributed by atoms with Gasteiger partial charge in [-0.2, -0.15) is 0 Å². The Morgan fingerprint density at radius 2 is 2.30 bits per heavy atom. The maximum absolute atomic E-state index is 5.08. The first-order valence-corrected chi connectivity index (χ1v) is 3.90. The van der Waals surface area contributed by atoms with Gasteiger partial charge in [-0.3, -0.25) is 0 Å². The maximum Gasteiger partial charge on any atom is 0.199 e. The summed E-state index contributed by atoms with van der Waals surface area (Å²) in [5.41, 5.74) is 2.69. The van der Waals surface area contributed by atoms with Crippen LogP contribution in [-0.4, -0.2) is 0 Å². The van der Waals surface area contributed by atoms with Crippen LogP contribution in [0.25, 0.3) is 0 Å². The van der Waals surface area contributed by atoms with Gasteiger partial charge in [0, 0.05) is 0 Å². The van der Waals surface area contributed by atoms with Gasteiger partial charge in [0.25, 0.3) is 0 Å². The molecule has 0 fully saturated rings. The van der Waals surface area contributed by atoms with E-state index in [4.69, 9.17) is 4.74 Å². The summed E-state index contributed by atoms with van der Waals surface area (Å²) in [6.07, 6.45) is 0. The summed E-state index contributed by atoms with van der Waals surface area (Å²) in [5, 5.41) is 0. The number of ether oxygens (including phenoxy) is 1. The fourth-order valence-electron chi connectivity index (χ4n) is 0.740. The minimum Gasteiger partial charge on any atom is -0.474 e. The average molecular weight is 200 g/mol. The van der Waals surface area contributed by atoms with Crippen molar-refractivity contribution in [2.24, 2.45) is 0 Å². The van der Waals surface area contributed by atoms with Crippen molar-refractivity contribution in [2.45, 2.75) is 6.92 Å². The lowest BCUT2D eigenvalue weighted by molar-refractivity contribution is 0.460. The molecule has 1 rings (SSSR count). The smallest absolute Gasteiger partial charge is 0.199 e. The molecule has 2 heteroatoms. The van der Waals surface area contributed by atoms with Gasteiger partial charge in [-0.1, -0.05) is 12.1 Å². The summed E-state index contributed by atoms with van der Waals surface area (Å²) in [7, 11) is 0. The Labute approximate surface area is 69.1 Å². The van der Waals surface area contributed by atoms with Crippen molar-refractivity contribution in [3.63, 3.8) is 0 Å². The van der Waals surface area contributed by atoms with Crippen LogP contribution in [0, 0.1) is 12.4 Å². The molecule has 1 nitrogen and oxygen atoms in total. The first-order valence-electron chi connectivity index (χ1n) is 2.98. The van der Waals surface area contributed by atoms with Crippen LogP contribution in [0.1, 0.15) is 5.56 Å². The van der Waals surface area contributed by atoms with Crippen molar-refractivity contribution >= 4 is 15.9 Å². The Hall–Kier alpha value is -0.500. The molecule has 0 saturated heterocycles. The highest BCUT2D eigenvalue weighted by Gasteiger charge is 1.90. The minimum absolute atomic E-state index is 0.858. The molecule has 1 radical (unpaired) electrons. The van der Waals surface area contributed by atoms with Crippen LogP contribution in [-0.2, 0) is 0 Å². The van der Waals surface area contributed by atoms with E-state index in [0.717, 1.165) is 5.75 Å². The Bertz CT molecular complexity index is 210. The molecule has 0 aliphatic carbocycles. The van der Waals surface area contributed by atoms with Gasteiger partial charge in [0.15, 0.2) is 5.52 Å². The predicted molar refractivity (Wildman–Crippen MR) is 45.0 cm³/mol. The number of hydrogen-bond donors (Lipinski definition) is 0. The maximum atomic E-state index is 5.08. The second-order valence-corrected chi connectivity index (χ2v) is 2.40.